The molecule has 110 valence electrons. The Morgan fingerprint density at radius 1 is 1.43 bits per heavy atom. The largest absolute Gasteiger partial charge is 0.312 e. The summed E-state index contributed by atoms with van der Waals surface area (Å²) in [7, 11) is 0. The fourth-order valence-electron chi connectivity index (χ4n) is 1.96. The summed E-state index contributed by atoms with van der Waals surface area (Å²) in [6, 6.07) is 4.48. The number of nitrogens with one attached hydrogen (secondary N) is 1. The summed E-state index contributed by atoms with van der Waals surface area (Å²) in [5, 5.41) is 15.3. The van der Waals surface area contributed by atoms with Gasteiger partial charge in [0.05, 0.1) is 15.6 Å². The molecule has 0 radical (unpaired) electrons. The van der Waals surface area contributed by atoms with Gasteiger partial charge in [-0.2, -0.15) is 0 Å². The molecule has 1 amide bonds. The minimum atomic E-state index is -0.487. The Bertz CT molecular complexity index is 709. The van der Waals surface area contributed by atoms with Gasteiger partial charge in [0.1, 0.15) is 5.00 Å². The number of thiazole rings is 1. The van der Waals surface area contributed by atoms with Crippen LogP contribution in [-0.2, 0) is 6.42 Å². The summed E-state index contributed by atoms with van der Waals surface area (Å²) in [6.45, 7) is 5.39. The molecular formula is C14H15N3O3S. The molecule has 0 saturated carbocycles. The third-order valence-electron chi connectivity index (χ3n) is 3.12. The molecular weight excluding hydrogens is 290 g/mol. The second-order valence-electron chi connectivity index (χ2n) is 4.54. The number of benzene rings is 1. The van der Waals surface area contributed by atoms with E-state index in [1.54, 1.807) is 13.0 Å². The molecule has 0 aliphatic carbocycles. The average Bonchev–Trinajstić information content (AvgIpc) is 2.79. The molecule has 7 heteroatoms. The van der Waals surface area contributed by atoms with E-state index in [9.17, 15) is 14.9 Å². The van der Waals surface area contributed by atoms with Crippen molar-refractivity contribution in [3.05, 3.63) is 50.1 Å². The number of aryl methyl sites for hydroxylation is 2. The fourth-order valence-corrected chi connectivity index (χ4v) is 2.86. The van der Waals surface area contributed by atoms with Gasteiger partial charge in [-0.05, 0) is 26.3 Å². The molecule has 1 heterocycles. The lowest BCUT2D eigenvalue weighted by Crippen LogP contribution is -2.14. The van der Waals surface area contributed by atoms with E-state index in [1.807, 2.05) is 13.8 Å². The number of nitro benzene ring substituents is 1. The first-order valence-electron chi connectivity index (χ1n) is 6.45. The highest BCUT2D eigenvalue weighted by Gasteiger charge is 2.19. The van der Waals surface area contributed by atoms with E-state index >= 15 is 0 Å². The molecule has 0 atom stereocenters. The smallest absolute Gasteiger partial charge is 0.273 e. The number of hydrogen-bond acceptors (Lipinski definition) is 5. The van der Waals surface area contributed by atoms with Gasteiger partial charge >= 0.3 is 0 Å². The predicted molar refractivity (Wildman–Crippen MR) is 82.0 cm³/mol. The Morgan fingerprint density at radius 3 is 2.71 bits per heavy atom. The van der Waals surface area contributed by atoms with Gasteiger partial charge in [-0.25, -0.2) is 4.98 Å². The van der Waals surface area contributed by atoms with Crippen molar-refractivity contribution in [2.75, 3.05) is 5.32 Å². The van der Waals surface area contributed by atoms with Crippen LogP contribution in [0, 0.1) is 24.0 Å². The SMILES string of the molecule is CCc1nc(C)c(NC(=O)c2cccc([N+](=O)[O-])c2C)s1. The molecule has 0 aliphatic rings. The van der Waals surface area contributed by atoms with Crippen LogP contribution in [0.1, 0.15) is 33.5 Å². The van der Waals surface area contributed by atoms with E-state index < -0.39 is 4.92 Å². The third-order valence-corrected chi connectivity index (χ3v) is 4.33. The summed E-state index contributed by atoms with van der Waals surface area (Å²) in [5.74, 6) is -0.356. The monoisotopic (exact) mass is 305 g/mol. The molecule has 21 heavy (non-hydrogen) atoms. The fraction of sp³-hybridized carbons (Fsp3) is 0.286. The lowest BCUT2D eigenvalue weighted by Gasteiger charge is -2.06. The van der Waals surface area contributed by atoms with Crippen molar-refractivity contribution in [3.63, 3.8) is 0 Å². The summed E-state index contributed by atoms with van der Waals surface area (Å²) in [6.07, 6.45) is 0.803. The number of nitrogens with zero attached hydrogens (tertiary/aromatic N) is 2. The van der Waals surface area contributed by atoms with Gasteiger partial charge in [0.15, 0.2) is 0 Å². The van der Waals surface area contributed by atoms with Crippen LogP contribution in [-0.4, -0.2) is 15.8 Å². The summed E-state index contributed by atoms with van der Waals surface area (Å²) >= 11 is 1.42. The molecule has 1 N–H and O–H groups in total. The number of carbonyl (C=O) groups excluding carboxylic acids is 1. The first kappa shape index (κ1) is 15.1. The Labute approximate surface area is 126 Å². The minimum absolute atomic E-state index is 0.0575. The molecule has 0 fully saturated rings. The van der Waals surface area contributed by atoms with E-state index in [1.165, 1.54) is 23.5 Å². The Kier molecular flexibility index (Phi) is 4.32. The Hall–Kier alpha value is -2.28. The second kappa shape index (κ2) is 6.01. The summed E-state index contributed by atoms with van der Waals surface area (Å²) < 4.78 is 0. The average molecular weight is 305 g/mol. The van der Waals surface area contributed by atoms with Crippen LogP contribution < -0.4 is 5.32 Å². The van der Waals surface area contributed by atoms with Crippen LogP contribution in [0.15, 0.2) is 18.2 Å². The maximum atomic E-state index is 12.3. The van der Waals surface area contributed by atoms with Crippen LogP contribution in [0.25, 0.3) is 0 Å². The third kappa shape index (κ3) is 3.08. The van der Waals surface area contributed by atoms with E-state index in [2.05, 4.69) is 10.3 Å². The highest BCUT2D eigenvalue weighted by Crippen LogP contribution is 2.26. The molecule has 6 nitrogen and oxygen atoms in total. The second-order valence-corrected chi connectivity index (χ2v) is 5.62. The molecule has 0 spiro atoms. The molecule has 2 rings (SSSR count). The van der Waals surface area contributed by atoms with Crippen molar-refractivity contribution < 1.29 is 9.72 Å². The standard InChI is InChI=1S/C14H15N3O3S/c1-4-12-15-9(3)14(21-12)16-13(18)10-6-5-7-11(8(10)2)17(19)20/h5-7H,4H2,1-3H3,(H,16,18). The van der Waals surface area contributed by atoms with E-state index in [4.69, 9.17) is 0 Å². The first-order valence-corrected chi connectivity index (χ1v) is 7.27. The molecule has 0 aliphatic heterocycles. The number of carbonyl (C=O) groups is 1. The zero-order valence-electron chi connectivity index (χ0n) is 12.0. The van der Waals surface area contributed by atoms with Crippen LogP contribution in [0.4, 0.5) is 10.7 Å². The highest BCUT2D eigenvalue weighted by molar-refractivity contribution is 7.16. The quantitative estimate of drug-likeness (QED) is 0.692. The highest BCUT2D eigenvalue weighted by atomic mass is 32.1. The summed E-state index contributed by atoms with van der Waals surface area (Å²) in [4.78, 5) is 27.1. The number of hydrogen-bond donors (Lipinski definition) is 1. The Balaban J connectivity index is 2.30. The molecule has 2 aromatic rings. The zero-order chi connectivity index (χ0) is 15.6. The van der Waals surface area contributed by atoms with E-state index in [0.29, 0.717) is 16.1 Å². The number of nitro groups is 1. The van der Waals surface area contributed by atoms with Crippen molar-refractivity contribution >= 4 is 27.9 Å². The number of amides is 1. The van der Waals surface area contributed by atoms with Gasteiger partial charge < -0.3 is 5.32 Å². The van der Waals surface area contributed by atoms with Crippen molar-refractivity contribution in [1.29, 1.82) is 0 Å². The Morgan fingerprint density at radius 2 is 2.14 bits per heavy atom. The number of anilines is 1. The van der Waals surface area contributed by atoms with Crippen molar-refractivity contribution in [1.82, 2.24) is 4.98 Å². The van der Waals surface area contributed by atoms with Crippen molar-refractivity contribution in [2.24, 2.45) is 0 Å². The predicted octanol–water partition coefficient (Wildman–Crippen LogP) is 3.48. The molecule has 0 saturated heterocycles. The first-order chi connectivity index (χ1) is 9.93. The number of aromatic nitrogens is 1. The maximum Gasteiger partial charge on any atom is 0.273 e. The summed E-state index contributed by atoms with van der Waals surface area (Å²) in [5.41, 5.74) is 1.36. The molecule has 1 aromatic carbocycles. The van der Waals surface area contributed by atoms with Crippen molar-refractivity contribution in [2.45, 2.75) is 27.2 Å². The van der Waals surface area contributed by atoms with Crippen LogP contribution in [0.5, 0.6) is 0 Å². The van der Waals surface area contributed by atoms with E-state index in [-0.39, 0.29) is 11.6 Å². The van der Waals surface area contributed by atoms with Gasteiger partial charge in [0, 0.05) is 17.2 Å². The topological polar surface area (TPSA) is 85.1 Å². The minimum Gasteiger partial charge on any atom is -0.312 e. The van der Waals surface area contributed by atoms with E-state index in [0.717, 1.165) is 17.1 Å². The van der Waals surface area contributed by atoms with Crippen LogP contribution >= 0.6 is 11.3 Å². The van der Waals surface area contributed by atoms with Crippen molar-refractivity contribution in [3.8, 4) is 0 Å². The molecule has 0 unspecified atom stereocenters. The lowest BCUT2D eigenvalue weighted by molar-refractivity contribution is -0.385. The van der Waals surface area contributed by atoms with Gasteiger partial charge in [0.25, 0.3) is 11.6 Å². The molecule has 0 bridgehead atoms. The molecule has 1 aromatic heterocycles. The maximum absolute atomic E-state index is 12.3. The zero-order valence-corrected chi connectivity index (χ0v) is 12.8. The van der Waals surface area contributed by atoms with Gasteiger partial charge in [-0.3, -0.25) is 14.9 Å². The van der Waals surface area contributed by atoms with Crippen LogP contribution in [0.2, 0.25) is 0 Å². The normalized spacial score (nSPS) is 10.4. The van der Waals surface area contributed by atoms with Gasteiger partial charge in [-0.1, -0.05) is 13.0 Å². The lowest BCUT2D eigenvalue weighted by atomic mass is 10.1. The van der Waals surface area contributed by atoms with Gasteiger partial charge in [-0.15, -0.1) is 11.3 Å². The number of rotatable bonds is 4. The van der Waals surface area contributed by atoms with Crippen LogP contribution in [0.3, 0.4) is 0 Å². The van der Waals surface area contributed by atoms with Gasteiger partial charge in [0.2, 0.25) is 0 Å².